The molecule has 0 atom stereocenters. The molecule has 188 valence electrons. The van der Waals surface area contributed by atoms with Crippen molar-refractivity contribution in [3.05, 3.63) is 71.7 Å². The van der Waals surface area contributed by atoms with Crippen LogP contribution in [0.1, 0.15) is 35.0 Å². The number of hydrogen-bond donors (Lipinski definition) is 0. The summed E-state index contributed by atoms with van der Waals surface area (Å²) < 4.78 is 45.4. The van der Waals surface area contributed by atoms with Crippen LogP contribution in [-0.4, -0.2) is 37.1 Å². The number of nitrogens with zero attached hydrogens (tertiary/aromatic N) is 3. The Labute approximate surface area is 213 Å². The summed E-state index contributed by atoms with van der Waals surface area (Å²) in [6.07, 6.45) is 3.60. The highest BCUT2D eigenvalue weighted by Gasteiger charge is 2.33. The van der Waals surface area contributed by atoms with Gasteiger partial charge in [0.15, 0.2) is 0 Å². The summed E-state index contributed by atoms with van der Waals surface area (Å²) in [7, 11) is -4.23. The SMILES string of the molecule is CCCOCN(c1onc(C)c1C)S(=O)(=O)c1ccccc1-c1ccc(-c2ncco2)cc1C(=O)Cl. The van der Waals surface area contributed by atoms with E-state index in [0.29, 0.717) is 41.3 Å². The molecule has 2 aromatic carbocycles. The van der Waals surface area contributed by atoms with Crippen molar-refractivity contribution in [3.8, 4) is 22.6 Å². The maximum Gasteiger partial charge on any atom is 0.269 e. The van der Waals surface area contributed by atoms with E-state index < -0.39 is 15.3 Å². The summed E-state index contributed by atoms with van der Waals surface area (Å²) >= 11 is 5.93. The van der Waals surface area contributed by atoms with E-state index in [2.05, 4.69) is 10.1 Å². The first-order valence-corrected chi connectivity index (χ1v) is 12.9. The number of rotatable bonds is 10. The topological polar surface area (TPSA) is 116 Å². The van der Waals surface area contributed by atoms with E-state index in [4.69, 9.17) is 25.3 Å². The lowest BCUT2D eigenvalue weighted by Gasteiger charge is -2.23. The third-order valence-electron chi connectivity index (χ3n) is 5.57. The number of halogens is 1. The maximum absolute atomic E-state index is 14.0. The molecule has 2 heterocycles. The normalized spacial score (nSPS) is 11.6. The van der Waals surface area contributed by atoms with Crippen LogP contribution in [0.2, 0.25) is 0 Å². The first-order valence-electron chi connectivity index (χ1n) is 11.1. The first kappa shape index (κ1) is 25.6. The van der Waals surface area contributed by atoms with E-state index in [9.17, 15) is 13.2 Å². The van der Waals surface area contributed by atoms with Gasteiger partial charge in [-0.2, -0.15) is 0 Å². The molecule has 36 heavy (non-hydrogen) atoms. The third-order valence-corrected chi connectivity index (χ3v) is 7.54. The Kier molecular flexibility index (Phi) is 7.58. The fraction of sp³-hybridized carbons (Fsp3) is 0.240. The van der Waals surface area contributed by atoms with Crippen LogP contribution in [0, 0.1) is 13.8 Å². The number of sulfonamides is 1. The van der Waals surface area contributed by atoms with Crippen molar-refractivity contribution in [3.63, 3.8) is 0 Å². The molecule has 0 bridgehead atoms. The summed E-state index contributed by atoms with van der Waals surface area (Å²) in [6.45, 7) is 5.45. The Hall–Kier alpha value is -3.47. The van der Waals surface area contributed by atoms with Crippen molar-refractivity contribution < 1.29 is 26.9 Å². The van der Waals surface area contributed by atoms with Gasteiger partial charge in [-0.1, -0.05) is 36.3 Å². The minimum Gasteiger partial charge on any atom is -0.445 e. The van der Waals surface area contributed by atoms with Gasteiger partial charge in [0, 0.05) is 28.9 Å². The minimum atomic E-state index is -4.23. The van der Waals surface area contributed by atoms with Gasteiger partial charge in [0.05, 0.1) is 16.8 Å². The Morgan fingerprint density at radius 2 is 1.92 bits per heavy atom. The lowest BCUT2D eigenvalue weighted by Crippen LogP contribution is -2.34. The number of hydrogen-bond acceptors (Lipinski definition) is 8. The fourth-order valence-corrected chi connectivity index (χ4v) is 5.34. The number of anilines is 1. The Bertz CT molecular complexity index is 1480. The van der Waals surface area contributed by atoms with E-state index in [1.807, 2.05) is 6.92 Å². The van der Waals surface area contributed by atoms with Crippen molar-refractivity contribution >= 4 is 32.8 Å². The van der Waals surface area contributed by atoms with Crippen LogP contribution in [0.15, 0.2) is 68.8 Å². The van der Waals surface area contributed by atoms with Gasteiger partial charge in [-0.3, -0.25) is 4.79 Å². The molecule has 0 saturated carbocycles. The van der Waals surface area contributed by atoms with Crippen LogP contribution in [0.4, 0.5) is 5.88 Å². The van der Waals surface area contributed by atoms with Gasteiger partial charge >= 0.3 is 0 Å². The second-order valence-electron chi connectivity index (χ2n) is 7.96. The van der Waals surface area contributed by atoms with Crippen molar-refractivity contribution in [1.82, 2.24) is 10.1 Å². The zero-order valence-corrected chi connectivity index (χ0v) is 21.5. The molecular formula is C25H24ClN3O6S. The van der Waals surface area contributed by atoms with Crippen LogP contribution >= 0.6 is 11.6 Å². The van der Waals surface area contributed by atoms with E-state index in [-0.39, 0.29) is 28.6 Å². The Morgan fingerprint density at radius 1 is 1.14 bits per heavy atom. The first-order chi connectivity index (χ1) is 17.3. The molecule has 0 aliphatic rings. The average Bonchev–Trinajstić information content (AvgIpc) is 3.52. The predicted molar refractivity (Wildman–Crippen MR) is 134 cm³/mol. The molecule has 0 aliphatic heterocycles. The highest BCUT2D eigenvalue weighted by Crippen LogP contribution is 2.36. The second kappa shape index (κ2) is 10.7. The maximum atomic E-state index is 14.0. The van der Waals surface area contributed by atoms with Crippen molar-refractivity contribution in [2.75, 3.05) is 17.6 Å². The van der Waals surface area contributed by atoms with Crippen LogP contribution < -0.4 is 4.31 Å². The van der Waals surface area contributed by atoms with Crippen molar-refractivity contribution in [2.45, 2.75) is 32.1 Å². The Morgan fingerprint density at radius 3 is 2.56 bits per heavy atom. The number of benzene rings is 2. The minimum absolute atomic E-state index is 0.0541. The highest BCUT2D eigenvalue weighted by atomic mass is 35.5. The van der Waals surface area contributed by atoms with Crippen LogP contribution in [-0.2, 0) is 14.8 Å². The van der Waals surface area contributed by atoms with Gasteiger partial charge in [-0.05, 0) is 55.6 Å². The summed E-state index contributed by atoms with van der Waals surface area (Å²) in [5, 5.41) is 3.16. The second-order valence-corrected chi connectivity index (χ2v) is 10.1. The quantitative estimate of drug-likeness (QED) is 0.149. The standard InChI is InChI=1S/C25H24ClN3O6S/c1-4-12-33-15-29(25-16(2)17(3)28-35-25)36(31,32)22-8-6-5-7-20(22)19-10-9-18(14-21(19)23(26)30)24-27-11-13-34-24/h5-11,13-14H,4,12,15H2,1-3H3. The van der Waals surface area contributed by atoms with Gasteiger partial charge in [0.1, 0.15) is 13.0 Å². The molecular weight excluding hydrogens is 506 g/mol. The number of ether oxygens (including phenoxy) is 1. The summed E-state index contributed by atoms with van der Waals surface area (Å²) in [5.41, 5.74) is 2.39. The molecule has 0 spiro atoms. The van der Waals surface area contributed by atoms with Crippen LogP contribution in [0.25, 0.3) is 22.6 Å². The molecule has 0 fully saturated rings. The number of carbonyl (C=O) groups is 1. The zero-order chi connectivity index (χ0) is 25.9. The molecule has 0 saturated heterocycles. The predicted octanol–water partition coefficient (Wildman–Crippen LogP) is 5.57. The lowest BCUT2D eigenvalue weighted by atomic mass is 9.98. The molecule has 0 amide bonds. The number of aromatic nitrogens is 2. The molecule has 4 aromatic rings. The van der Waals surface area contributed by atoms with Crippen molar-refractivity contribution in [1.29, 1.82) is 0 Å². The van der Waals surface area contributed by atoms with E-state index in [0.717, 1.165) is 4.31 Å². The number of oxazole rings is 1. The van der Waals surface area contributed by atoms with Gasteiger partial charge in [0.25, 0.3) is 15.3 Å². The van der Waals surface area contributed by atoms with Gasteiger partial charge < -0.3 is 13.7 Å². The molecule has 0 N–H and O–H groups in total. The average molecular weight is 530 g/mol. The molecule has 0 aliphatic carbocycles. The fourth-order valence-electron chi connectivity index (χ4n) is 3.64. The van der Waals surface area contributed by atoms with Crippen LogP contribution in [0.5, 0.6) is 0 Å². The molecule has 4 rings (SSSR count). The summed E-state index contributed by atoms with van der Waals surface area (Å²) in [6, 6.07) is 11.2. The van der Waals surface area contributed by atoms with Crippen LogP contribution in [0.3, 0.4) is 0 Å². The van der Waals surface area contributed by atoms with E-state index in [1.165, 1.54) is 24.6 Å². The Balaban J connectivity index is 1.86. The largest absolute Gasteiger partial charge is 0.445 e. The molecule has 11 heteroatoms. The van der Waals surface area contributed by atoms with Gasteiger partial charge in [-0.15, -0.1) is 0 Å². The highest BCUT2D eigenvalue weighted by molar-refractivity contribution is 7.93. The smallest absolute Gasteiger partial charge is 0.269 e. The van der Waals surface area contributed by atoms with E-state index in [1.54, 1.807) is 44.2 Å². The zero-order valence-electron chi connectivity index (χ0n) is 19.9. The molecule has 2 aromatic heterocycles. The molecule has 0 radical (unpaired) electrons. The van der Waals surface area contributed by atoms with Crippen molar-refractivity contribution in [2.24, 2.45) is 0 Å². The lowest BCUT2D eigenvalue weighted by molar-refractivity contribution is 0.108. The number of aryl methyl sites for hydroxylation is 1. The molecule has 0 unspecified atom stereocenters. The molecule has 9 nitrogen and oxygen atoms in total. The van der Waals surface area contributed by atoms with Gasteiger partial charge in [-0.25, -0.2) is 17.7 Å². The van der Waals surface area contributed by atoms with E-state index >= 15 is 0 Å². The third kappa shape index (κ3) is 4.92. The van der Waals surface area contributed by atoms with Gasteiger partial charge in [0.2, 0.25) is 11.8 Å². The summed E-state index contributed by atoms with van der Waals surface area (Å²) in [5.74, 6) is 0.364. The number of carbonyl (C=O) groups excluding carboxylic acids is 1. The summed E-state index contributed by atoms with van der Waals surface area (Å²) in [4.78, 5) is 16.5. The monoisotopic (exact) mass is 529 g/mol.